The Labute approximate surface area is 126 Å². The van der Waals surface area contributed by atoms with Gasteiger partial charge in [0, 0.05) is 16.8 Å². The first-order chi connectivity index (χ1) is 10.2. The number of fused-ring (bicyclic) bond motifs is 1. The van der Waals surface area contributed by atoms with Crippen LogP contribution in [0.4, 0.5) is 4.39 Å². The predicted octanol–water partition coefficient (Wildman–Crippen LogP) is 5.30. The first kappa shape index (κ1) is 13.4. The highest BCUT2D eigenvalue weighted by molar-refractivity contribution is 6.30. The zero-order valence-corrected chi connectivity index (χ0v) is 11.6. The number of nitriles is 1. The maximum Gasteiger partial charge on any atom is 0.145 e. The van der Waals surface area contributed by atoms with Crippen molar-refractivity contribution in [2.75, 3.05) is 0 Å². The van der Waals surface area contributed by atoms with Crippen LogP contribution in [0.2, 0.25) is 5.02 Å². The molecule has 0 aliphatic heterocycles. The second kappa shape index (κ2) is 5.43. The highest BCUT2D eigenvalue weighted by Gasteiger charge is 2.08. The van der Waals surface area contributed by atoms with E-state index in [-0.39, 0.29) is 5.02 Å². The van der Waals surface area contributed by atoms with Gasteiger partial charge in [-0.05, 0) is 24.3 Å². The molecule has 0 fully saturated rings. The third-order valence-electron chi connectivity index (χ3n) is 3.12. The standard InChI is InChI=1S/C17H9ClFNO/c18-15-7-6-12(9-16(15)19)21-17-8-5-11(10-20)13-3-1-2-4-14(13)17/h1-9H. The van der Waals surface area contributed by atoms with Crippen molar-refractivity contribution in [1.29, 1.82) is 5.26 Å². The molecule has 0 heterocycles. The van der Waals surface area contributed by atoms with Crippen molar-refractivity contribution < 1.29 is 9.13 Å². The SMILES string of the molecule is N#Cc1ccc(Oc2ccc(Cl)c(F)c2)c2ccccc12. The number of ether oxygens (including phenoxy) is 1. The normalized spacial score (nSPS) is 10.3. The minimum absolute atomic E-state index is 0.0482. The number of hydrogen-bond donors (Lipinski definition) is 0. The average molecular weight is 298 g/mol. The van der Waals surface area contributed by atoms with Crippen molar-refractivity contribution in [2.24, 2.45) is 0 Å². The molecule has 0 aromatic heterocycles. The smallest absolute Gasteiger partial charge is 0.145 e. The molecule has 0 saturated carbocycles. The van der Waals surface area contributed by atoms with Crippen LogP contribution >= 0.6 is 11.6 Å². The molecule has 0 N–H and O–H groups in total. The molecule has 0 radical (unpaired) electrons. The summed E-state index contributed by atoms with van der Waals surface area (Å²) in [6, 6.07) is 17.2. The number of hydrogen-bond acceptors (Lipinski definition) is 2. The summed E-state index contributed by atoms with van der Waals surface area (Å²) in [5.74, 6) is 0.380. The van der Waals surface area contributed by atoms with Crippen LogP contribution in [0, 0.1) is 17.1 Å². The third-order valence-corrected chi connectivity index (χ3v) is 3.43. The van der Waals surface area contributed by atoms with E-state index in [1.165, 1.54) is 12.1 Å². The Morgan fingerprint density at radius 2 is 1.76 bits per heavy atom. The van der Waals surface area contributed by atoms with E-state index in [0.717, 1.165) is 10.8 Å². The first-order valence-electron chi connectivity index (χ1n) is 6.24. The first-order valence-corrected chi connectivity index (χ1v) is 6.61. The van der Waals surface area contributed by atoms with Gasteiger partial charge in [-0.2, -0.15) is 5.26 Å². The molecular weight excluding hydrogens is 289 g/mol. The Morgan fingerprint density at radius 1 is 1.00 bits per heavy atom. The van der Waals surface area contributed by atoms with Crippen LogP contribution in [0.25, 0.3) is 10.8 Å². The van der Waals surface area contributed by atoms with Gasteiger partial charge in [0.1, 0.15) is 17.3 Å². The van der Waals surface area contributed by atoms with Gasteiger partial charge in [-0.1, -0.05) is 35.9 Å². The van der Waals surface area contributed by atoms with E-state index in [0.29, 0.717) is 17.1 Å². The fourth-order valence-corrected chi connectivity index (χ4v) is 2.24. The zero-order chi connectivity index (χ0) is 14.8. The molecule has 0 saturated heterocycles. The Balaban J connectivity index is 2.09. The summed E-state index contributed by atoms with van der Waals surface area (Å²) in [4.78, 5) is 0. The molecule has 102 valence electrons. The predicted molar refractivity (Wildman–Crippen MR) is 80.1 cm³/mol. The van der Waals surface area contributed by atoms with Crippen molar-refractivity contribution >= 4 is 22.4 Å². The van der Waals surface area contributed by atoms with Gasteiger partial charge >= 0.3 is 0 Å². The molecule has 2 nitrogen and oxygen atoms in total. The molecule has 3 aromatic carbocycles. The molecule has 0 amide bonds. The van der Waals surface area contributed by atoms with Gasteiger partial charge in [0.15, 0.2) is 0 Å². The minimum Gasteiger partial charge on any atom is -0.457 e. The Kier molecular flexibility index (Phi) is 3.47. The lowest BCUT2D eigenvalue weighted by Crippen LogP contribution is -1.89. The quantitative estimate of drug-likeness (QED) is 0.643. The molecule has 0 atom stereocenters. The Bertz CT molecular complexity index is 870. The summed E-state index contributed by atoms with van der Waals surface area (Å²) >= 11 is 5.65. The molecule has 0 aliphatic carbocycles. The Hall–Kier alpha value is -2.57. The molecule has 4 heteroatoms. The fraction of sp³-hybridized carbons (Fsp3) is 0. The molecule has 21 heavy (non-hydrogen) atoms. The molecule has 0 spiro atoms. The number of halogens is 2. The largest absolute Gasteiger partial charge is 0.457 e. The van der Waals surface area contributed by atoms with Crippen LogP contribution in [-0.2, 0) is 0 Å². The van der Waals surface area contributed by atoms with Crippen molar-refractivity contribution in [2.45, 2.75) is 0 Å². The molecule has 0 bridgehead atoms. The Morgan fingerprint density at radius 3 is 2.48 bits per heavy atom. The summed E-state index contributed by atoms with van der Waals surface area (Å²) in [6.07, 6.45) is 0. The fourth-order valence-electron chi connectivity index (χ4n) is 2.13. The van der Waals surface area contributed by atoms with E-state index in [9.17, 15) is 4.39 Å². The summed E-state index contributed by atoms with van der Waals surface area (Å²) < 4.78 is 19.2. The molecular formula is C17H9ClFNO. The van der Waals surface area contributed by atoms with E-state index < -0.39 is 5.82 Å². The van der Waals surface area contributed by atoms with Crippen molar-refractivity contribution in [3.05, 3.63) is 71.0 Å². The summed E-state index contributed by atoms with van der Waals surface area (Å²) in [6.45, 7) is 0. The van der Waals surface area contributed by atoms with E-state index in [1.54, 1.807) is 18.2 Å². The number of benzene rings is 3. The van der Waals surface area contributed by atoms with Crippen LogP contribution in [0.5, 0.6) is 11.5 Å². The highest BCUT2D eigenvalue weighted by atomic mass is 35.5. The van der Waals surface area contributed by atoms with Gasteiger partial charge in [0.25, 0.3) is 0 Å². The van der Waals surface area contributed by atoms with Crippen LogP contribution in [0.3, 0.4) is 0 Å². The third kappa shape index (κ3) is 2.54. The van der Waals surface area contributed by atoms with Crippen molar-refractivity contribution in [1.82, 2.24) is 0 Å². The average Bonchev–Trinajstić information content (AvgIpc) is 2.51. The lowest BCUT2D eigenvalue weighted by atomic mass is 10.0. The van der Waals surface area contributed by atoms with E-state index in [2.05, 4.69) is 6.07 Å². The van der Waals surface area contributed by atoms with Gasteiger partial charge in [-0.15, -0.1) is 0 Å². The van der Waals surface area contributed by atoms with Crippen LogP contribution in [0.1, 0.15) is 5.56 Å². The van der Waals surface area contributed by atoms with Gasteiger partial charge in [0.05, 0.1) is 16.7 Å². The number of rotatable bonds is 2. The summed E-state index contributed by atoms with van der Waals surface area (Å²) in [5.41, 5.74) is 0.570. The summed E-state index contributed by atoms with van der Waals surface area (Å²) in [5, 5.41) is 10.8. The monoisotopic (exact) mass is 297 g/mol. The maximum absolute atomic E-state index is 13.5. The maximum atomic E-state index is 13.5. The van der Waals surface area contributed by atoms with E-state index >= 15 is 0 Å². The topological polar surface area (TPSA) is 33.0 Å². The van der Waals surface area contributed by atoms with Gasteiger partial charge < -0.3 is 4.74 Å². The van der Waals surface area contributed by atoms with E-state index in [1.807, 2.05) is 24.3 Å². The number of nitrogens with zero attached hydrogens (tertiary/aromatic N) is 1. The van der Waals surface area contributed by atoms with Crippen LogP contribution < -0.4 is 4.74 Å². The van der Waals surface area contributed by atoms with Crippen molar-refractivity contribution in [3.8, 4) is 17.6 Å². The van der Waals surface area contributed by atoms with Gasteiger partial charge in [-0.3, -0.25) is 0 Å². The second-order valence-corrected chi connectivity index (χ2v) is 4.85. The van der Waals surface area contributed by atoms with Gasteiger partial charge in [0.2, 0.25) is 0 Å². The molecule has 0 unspecified atom stereocenters. The molecule has 3 aromatic rings. The highest BCUT2D eigenvalue weighted by Crippen LogP contribution is 2.32. The van der Waals surface area contributed by atoms with Crippen LogP contribution in [-0.4, -0.2) is 0 Å². The second-order valence-electron chi connectivity index (χ2n) is 4.45. The lowest BCUT2D eigenvalue weighted by Gasteiger charge is -2.10. The lowest BCUT2D eigenvalue weighted by molar-refractivity contribution is 0.482. The van der Waals surface area contributed by atoms with Crippen molar-refractivity contribution in [3.63, 3.8) is 0 Å². The van der Waals surface area contributed by atoms with Crippen LogP contribution in [0.15, 0.2) is 54.6 Å². The van der Waals surface area contributed by atoms with E-state index in [4.69, 9.17) is 21.6 Å². The summed E-state index contributed by atoms with van der Waals surface area (Å²) in [7, 11) is 0. The minimum atomic E-state index is -0.535. The van der Waals surface area contributed by atoms with Gasteiger partial charge in [-0.25, -0.2) is 4.39 Å². The molecule has 3 rings (SSSR count). The molecule has 0 aliphatic rings. The zero-order valence-electron chi connectivity index (χ0n) is 10.8.